The zero-order valence-electron chi connectivity index (χ0n) is 9.77. The fraction of sp³-hybridized carbons (Fsp3) is 0.455. The Kier molecular flexibility index (Phi) is 3.77. The number of methoxy groups -OCH3 is 1. The van der Waals surface area contributed by atoms with Crippen LogP contribution in [0.4, 0.5) is 10.5 Å². The molecule has 1 aromatic heterocycles. The van der Waals surface area contributed by atoms with Crippen LogP contribution in [0.3, 0.4) is 0 Å². The molecule has 2 N–H and O–H groups in total. The van der Waals surface area contributed by atoms with E-state index in [9.17, 15) is 4.79 Å². The minimum atomic E-state index is -0.266. The summed E-state index contributed by atoms with van der Waals surface area (Å²) in [5.74, 6) is 0.407. The van der Waals surface area contributed by atoms with E-state index in [-0.39, 0.29) is 6.03 Å². The van der Waals surface area contributed by atoms with Crippen LogP contribution >= 0.6 is 0 Å². The second-order valence-corrected chi connectivity index (χ2v) is 3.82. The molecule has 2 heterocycles. The number of carbonyl (C=O) groups is 1. The Balaban J connectivity index is 1.92. The molecule has 2 amide bonds. The molecule has 0 aromatic carbocycles. The summed E-state index contributed by atoms with van der Waals surface area (Å²) in [5, 5.41) is 4.61. The number of hydrazine groups is 1. The van der Waals surface area contributed by atoms with Gasteiger partial charge < -0.3 is 10.1 Å². The summed E-state index contributed by atoms with van der Waals surface area (Å²) in [6.07, 6.45) is 3.86. The summed E-state index contributed by atoms with van der Waals surface area (Å²) in [7, 11) is 1.52. The molecule has 0 bridgehead atoms. The van der Waals surface area contributed by atoms with Crippen LogP contribution in [0.5, 0.6) is 5.88 Å². The Morgan fingerprint density at radius 1 is 1.47 bits per heavy atom. The molecule has 6 nitrogen and oxygen atoms in total. The maximum absolute atomic E-state index is 11.7. The highest BCUT2D eigenvalue weighted by atomic mass is 16.5. The number of urea groups is 1. The van der Waals surface area contributed by atoms with Gasteiger partial charge in [-0.25, -0.2) is 14.8 Å². The fourth-order valence-electron chi connectivity index (χ4n) is 1.77. The molecule has 1 aliphatic heterocycles. The SMILES string of the molecule is COc1ncccc1NC(=O)NN1CCCC1. The van der Waals surface area contributed by atoms with E-state index in [0.29, 0.717) is 11.6 Å². The number of pyridine rings is 1. The molecule has 1 fully saturated rings. The molecule has 0 atom stereocenters. The van der Waals surface area contributed by atoms with Gasteiger partial charge in [0.2, 0.25) is 5.88 Å². The van der Waals surface area contributed by atoms with E-state index in [1.165, 1.54) is 7.11 Å². The molecule has 0 saturated carbocycles. The Morgan fingerprint density at radius 2 is 2.24 bits per heavy atom. The zero-order chi connectivity index (χ0) is 12.1. The van der Waals surface area contributed by atoms with E-state index in [2.05, 4.69) is 15.7 Å². The molecule has 0 aliphatic carbocycles. The first-order chi connectivity index (χ1) is 8.29. The van der Waals surface area contributed by atoms with Crippen molar-refractivity contribution in [3.8, 4) is 5.88 Å². The van der Waals surface area contributed by atoms with Gasteiger partial charge >= 0.3 is 6.03 Å². The van der Waals surface area contributed by atoms with Crippen LogP contribution in [0.15, 0.2) is 18.3 Å². The second-order valence-electron chi connectivity index (χ2n) is 3.82. The lowest BCUT2D eigenvalue weighted by Gasteiger charge is -2.17. The monoisotopic (exact) mass is 236 g/mol. The topological polar surface area (TPSA) is 66.5 Å². The maximum atomic E-state index is 11.7. The molecule has 0 unspecified atom stereocenters. The van der Waals surface area contributed by atoms with Crippen molar-refractivity contribution < 1.29 is 9.53 Å². The maximum Gasteiger partial charge on any atom is 0.333 e. The number of ether oxygens (including phenoxy) is 1. The number of rotatable bonds is 3. The average molecular weight is 236 g/mol. The Hall–Kier alpha value is -1.82. The highest BCUT2D eigenvalue weighted by molar-refractivity contribution is 5.90. The molecule has 1 saturated heterocycles. The number of aromatic nitrogens is 1. The first-order valence-corrected chi connectivity index (χ1v) is 5.61. The molecule has 1 aromatic rings. The second kappa shape index (κ2) is 5.49. The standard InChI is InChI=1S/C11H16N4O2/c1-17-10-9(5-4-6-12-10)13-11(16)14-15-7-2-3-8-15/h4-6H,2-3,7-8H2,1H3,(H2,13,14,16). The van der Waals surface area contributed by atoms with Crippen LogP contribution < -0.4 is 15.5 Å². The van der Waals surface area contributed by atoms with Crippen molar-refractivity contribution in [3.05, 3.63) is 18.3 Å². The predicted octanol–water partition coefficient (Wildman–Crippen LogP) is 1.22. The third-order valence-corrected chi connectivity index (χ3v) is 2.58. The highest BCUT2D eigenvalue weighted by Crippen LogP contribution is 2.19. The molecule has 17 heavy (non-hydrogen) atoms. The van der Waals surface area contributed by atoms with Crippen molar-refractivity contribution in [1.82, 2.24) is 15.4 Å². The lowest BCUT2D eigenvalue weighted by atomic mass is 10.4. The van der Waals surface area contributed by atoms with Crippen LogP contribution in [0.1, 0.15) is 12.8 Å². The van der Waals surface area contributed by atoms with Crippen molar-refractivity contribution in [3.63, 3.8) is 0 Å². The van der Waals surface area contributed by atoms with Crippen molar-refractivity contribution in [2.75, 3.05) is 25.5 Å². The van der Waals surface area contributed by atoms with Gasteiger partial charge in [0, 0.05) is 19.3 Å². The van der Waals surface area contributed by atoms with Crippen molar-refractivity contribution in [2.45, 2.75) is 12.8 Å². The zero-order valence-corrected chi connectivity index (χ0v) is 9.77. The van der Waals surface area contributed by atoms with E-state index in [1.807, 2.05) is 5.01 Å². The fourth-order valence-corrected chi connectivity index (χ4v) is 1.77. The summed E-state index contributed by atoms with van der Waals surface area (Å²) >= 11 is 0. The molecule has 0 spiro atoms. The minimum Gasteiger partial charge on any atom is -0.480 e. The summed E-state index contributed by atoms with van der Waals surface area (Å²) in [5.41, 5.74) is 3.34. The van der Waals surface area contributed by atoms with E-state index < -0.39 is 0 Å². The quantitative estimate of drug-likeness (QED) is 0.828. The Labute approximate surface area is 99.9 Å². The van der Waals surface area contributed by atoms with Crippen molar-refractivity contribution in [1.29, 1.82) is 0 Å². The molecule has 2 rings (SSSR count). The lowest BCUT2D eigenvalue weighted by molar-refractivity contribution is 0.209. The van der Waals surface area contributed by atoms with E-state index in [4.69, 9.17) is 4.74 Å². The normalized spacial score (nSPS) is 15.6. The summed E-state index contributed by atoms with van der Waals surface area (Å²) in [4.78, 5) is 15.7. The van der Waals surface area contributed by atoms with Gasteiger partial charge in [0.25, 0.3) is 0 Å². The van der Waals surface area contributed by atoms with Gasteiger partial charge in [0.15, 0.2) is 0 Å². The van der Waals surface area contributed by atoms with Crippen LogP contribution in [-0.2, 0) is 0 Å². The van der Waals surface area contributed by atoms with Gasteiger partial charge in [-0.15, -0.1) is 0 Å². The number of anilines is 1. The van der Waals surface area contributed by atoms with Gasteiger partial charge in [-0.05, 0) is 25.0 Å². The van der Waals surface area contributed by atoms with Gasteiger partial charge in [-0.3, -0.25) is 5.43 Å². The van der Waals surface area contributed by atoms with Crippen molar-refractivity contribution in [2.24, 2.45) is 0 Å². The van der Waals surface area contributed by atoms with E-state index in [0.717, 1.165) is 25.9 Å². The van der Waals surface area contributed by atoms with Crippen LogP contribution in [0.25, 0.3) is 0 Å². The smallest absolute Gasteiger partial charge is 0.333 e. The van der Waals surface area contributed by atoms with Gasteiger partial charge in [0.05, 0.1) is 7.11 Å². The highest BCUT2D eigenvalue weighted by Gasteiger charge is 2.14. The van der Waals surface area contributed by atoms with Crippen LogP contribution in [0, 0.1) is 0 Å². The Bertz CT molecular complexity index is 391. The average Bonchev–Trinajstić information content (AvgIpc) is 2.82. The molecule has 0 radical (unpaired) electrons. The summed E-state index contributed by atoms with van der Waals surface area (Å²) in [6.45, 7) is 1.80. The predicted molar refractivity (Wildman–Crippen MR) is 63.8 cm³/mol. The minimum absolute atomic E-state index is 0.266. The Morgan fingerprint density at radius 3 is 2.94 bits per heavy atom. The summed E-state index contributed by atoms with van der Waals surface area (Å²) < 4.78 is 5.05. The number of nitrogens with one attached hydrogen (secondary N) is 2. The van der Waals surface area contributed by atoms with Crippen molar-refractivity contribution >= 4 is 11.7 Å². The summed E-state index contributed by atoms with van der Waals surface area (Å²) in [6, 6.07) is 3.22. The number of hydrogen-bond donors (Lipinski definition) is 2. The number of amides is 2. The van der Waals surface area contributed by atoms with Gasteiger partial charge in [-0.2, -0.15) is 0 Å². The van der Waals surface area contributed by atoms with Gasteiger partial charge in [-0.1, -0.05) is 0 Å². The van der Waals surface area contributed by atoms with E-state index in [1.54, 1.807) is 18.3 Å². The molecule has 1 aliphatic rings. The third kappa shape index (κ3) is 3.07. The molecule has 6 heteroatoms. The van der Waals surface area contributed by atoms with Gasteiger partial charge in [0.1, 0.15) is 5.69 Å². The molecule has 92 valence electrons. The first-order valence-electron chi connectivity index (χ1n) is 5.61. The largest absolute Gasteiger partial charge is 0.480 e. The third-order valence-electron chi connectivity index (χ3n) is 2.58. The van der Waals surface area contributed by atoms with Crippen LogP contribution in [-0.4, -0.2) is 36.2 Å². The first kappa shape index (κ1) is 11.7. The molecular formula is C11H16N4O2. The van der Waals surface area contributed by atoms with E-state index >= 15 is 0 Å². The lowest BCUT2D eigenvalue weighted by Crippen LogP contribution is -2.42. The number of hydrogen-bond acceptors (Lipinski definition) is 4. The number of carbonyl (C=O) groups excluding carboxylic acids is 1. The molecular weight excluding hydrogens is 220 g/mol. The number of nitrogens with zero attached hydrogens (tertiary/aromatic N) is 2. The van der Waals surface area contributed by atoms with Crippen LogP contribution in [0.2, 0.25) is 0 Å².